The van der Waals surface area contributed by atoms with E-state index in [4.69, 9.17) is 9.26 Å². The van der Waals surface area contributed by atoms with Gasteiger partial charge < -0.3 is 14.6 Å². The van der Waals surface area contributed by atoms with Crippen LogP contribution in [-0.2, 0) is 11.3 Å². The number of aromatic nitrogens is 1. The lowest BCUT2D eigenvalue weighted by molar-refractivity contribution is 0.179. The molecular weight excluding hydrogens is 216 g/mol. The van der Waals surface area contributed by atoms with Crippen molar-refractivity contribution in [2.45, 2.75) is 39.3 Å². The fraction of sp³-hybridized carbons (Fsp3) is 0.769. The highest BCUT2D eigenvalue weighted by molar-refractivity contribution is 5.20. The topological polar surface area (TPSA) is 47.3 Å². The van der Waals surface area contributed by atoms with Gasteiger partial charge in [-0.2, -0.15) is 0 Å². The minimum absolute atomic E-state index is 0.510. The summed E-state index contributed by atoms with van der Waals surface area (Å²) in [6.45, 7) is 6.60. The van der Waals surface area contributed by atoms with Crippen molar-refractivity contribution in [3.63, 3.8) is 0 Å². The first-order valence-electron chi connectivity index (χ1n) is 6.48. The van der Waals surface area contributed by atoms with Crippen molar-refractivity contribution >= 4 is 0 Å². The van der Waals surface area contributed by atoms with E-state index >= 15 is 0 Å². The molecule has 1 N–H and O–H groups in total. The SMILES string of the molecule is Cc1noc(C)c1CNC1COCC1C1CC1. The van der Waals surface area contributed by atoms with Crippen LogP contribution < -0.4 is 5.32 Å². The lowest BCUT2D eigenvalue weighted by atomic mass is 9.98. The average molecular weight is 236 g/mol. The normalized spacial score (nSPS) is 28.8. The summed E-state index contributed by atoms with van der Waals surface area (Å²) in [5.41, 5.74) is 2.20. The summed E-state index contributed by atoms with van der Waals surface area (Å²) in [5, 5.41) is 7.59. The summed E-state index contributed by atoms with van der Waals surface area (Å²) in [5.74, 6) is 2.55. The van der Waals surface area contributed by atoms with E-state index in [-0.39, 0.29) is 0 Å². The van der Waals surface area contributed by atoms with Gasteiger partial charge in [-0.1, -0.05) is 5.16 Å². The van der Waals surface area contributed by atoms with Crippen molar-refractivity contribution in [1.29, 1.82) is 0 Å². The van der Waals surface area contributed by atoms with Crippen LogP contribution in [0.25, 0.3) is 0 Å². The first-order chi connectivity index (χ1) is 8.25. The van der Waals surface area contributed by atoms with Crippen molar-refractivity contribution in [2.24, 2.45) is 11.8 Å². The van der Waals surface area contributed by atoms with Crippen LogP contribution in [0.5, 0.6) is 0 Å². The molecule has 2 aliphatic rings. The number of hydrogen-bond donors (Lipinski definition) is 1. The maximum Gasteiger partial charge on any atom is 0.138 e. The van der Waals surface area contributed by atoms with Gasteiger partial charge in [0.05, 0.1) is 18.9 Å². The smallest absolute Gasteiger partial charge is 0.138 e. The molecule has 4 heteroatoms. The van der Waals surface area contributed by atoms with Crippen molar-refractivity contribution < 1.29 is 9.26 Å². The third-order valence-corrected chi connectivity index (χ3v) is 4.07. The van der Waals surface area contributed by atoms with Crippen LogP contribution in [0.1, 0.15) is 29.9 Å². The predicted octanol–water partition coefficient (Wildman–Crippen LogP) is 1.81. The van der Waals surface area contributed by atoms with Gasteiger partial charge in [-0.25, -0.2) is 0 Å². The Morgan fingerprint density at radius 3 is 2.76 bits per heavy atom. The van der Waals surface area contributed by atoms with Crippen molar-refractivity contribution in [3.05, 3.63) is 17.0 Å². The van der Waals surface area contributed by atoms with Gasteiger partial charge in [-0.15, -0.1) is 0 Å². The lowest BCUT2D eigenvalue weighted by Crippen LogP contribution is -2.36. The Bertz CT molecular complexity index is 379. The number of rotatable bonds is 4. The van der Waals surface area contributed by atoms with Gasteiger partial charge in [-0.05, 0) is 32.6 Å². The van der Waals surface area contributed by atoms with Gasteiger partial charge in [0.25, 0.3) is 0 Å². The molecule has 1 aliphatic heterocycles. The highest BCUT2D eigenvalue weighted by atomic mass is 16.5. The largest absolute Gasteiger partial charge is 0.379 e. The molecule has 2 atom stereocenters. The summed E-state index contributed by atoms with van der Waals surface area (Å²) in [6, 6.07) is 0.510. The molecule has 0 bridgehead atoms. The fourth-order valence-corrected chi connectivity index (χ4v) is 2.76. The molecule has 3 rings (SSSR count). The third kappa shape index (κ3) is 2.24. The van der Waals surface area contributed by atoms with E-state index in [0.29, 0.717) is 6.04 Å². The van der Waals surface area contributed by atoms with Crippen LogP contribution >= 0.6 is 0 Å². The van der Waals surface area contributed by atoms with Crippen LogP contribution in [0, 0.1) is 25.7 Å². The Hall–Kier alpha value is -0.870. The molecule has 1 saturated carbocycles. The summed E-state index contributed by atoms with van der Waals surface area (Å²) in [6.07, 6.45) is 2.77. The zero-order valence-electron chi connectivity index (χ0n) is 10.5. The molecule has 2 heterocycles. The quantitative estimate of drug-likeness (QED) is 0.866. The van der Waals surface area contributed by atoms with E-state index in [2.05, 4.69) is 10.5 Å². The van der Waals surface area contributed by atoms with E-state index in [9.17, 15) is 0 Å². The standard InChI is InChI=1S/C13H20N2O2/c1-8-11(9(2)17-15-8)5-14-13-7-16-6-12(13)10-3-4-10/h10,12-14H,3-7H2,1-2H3. The molecule has 0 radical (unpaired) electrons. The number of nitrogens with zero attached hydrogens (tertiary/aromatic N) is 1. The number of hydrogen-bond acceptors (Lipinski definition) is 4. The minimum Gasteiger partial charge on any atom is -0.379 e. The van der Waals surface area contributed by atoms with Crippen molar-refractivity contribution in [3.8, 4) is 0 Å². The molecule has 1 aromatic heterocycles. The highest BCUT2D eigenvalue weighted by Gasteiger charge is 2.39. The zero-order valence-corrected chi connectivity index (χ0v) is 10.5. The first-order valence-corrected chi connectivity index (χ1v) is 6.48. The second-order valence-corrected chi connectivity index (χ2v) is 5.33. The number of aryl methyl sites for hydroxylation is 2. The van der Waals surface area contributed by atoms with Crippen molar-refractivity contribution in [2.75, 3.05) is 13.2 Å². The Balaban J connectivity index is 1.60. The molecule has 4 nitrogen and oxygen atoms in total. The maximum absolute atomic E-state index is 5.60. The van der Waals surface area contributed by atoms with Gasteiger partial charge in [-0.3, -0.25) is 0 Å². The molecule has 17 heavy (non-hydrogen) atoms. The van der Waals surface area contributed by atoms with Crippen LogP contribution in [-0.4, -0.2) is 24.4 Å². The van der Waals surface area contributed by atoms with Gasteiger partial charge in [0, 0.05) is 24.1 Å². The molecule has 2 fully saturated rings. The van der Waals surface area contributed by atoms with Crippen LogP contribution in [0.3, 0.4) is 0 Å². The van der Waals surface area contributed by atoms with Gasteiger partial charge >= 0.3 is 0 Å². The summed E-state index contributed by atoms with van der Waals surface area (Å²) < 4.78 is 10.8. The molecular formula is C13H20N2O2. The second-order valence-electron chi connectivity index (χ2n) is 5.33. The van der Waals surface area contributed by atoms with E-state index < -0.39 is 0 Å². The minimum atomic E-state index is 0.510. The van der Waals surface area contributed by atoms with Crippen LogP contribution in [0.4, 0.5) is 0 Å². The molecule has 2 unspecified atom stereocenters. The Kier molecular flexibility index (Phi) is 2.92. The predicted molar refractivity (Wildman–Crippen MR) is 63.6 cm³/mol. The first kappa shape index (κ1) is 11.2. The molecule has 0 amide bonds. The summed E-state index contributed by atoms with van der Waals surface area (Å²) in [7, 11) is 0. The van der Waals surface area contributed by atoms with Crippen LogP contribution in [0.2, 0.25) is 0 Å². The van der Waals surface area contributed by atoms with E-state index in [1.807, 2.05) is 13.8 Å². The molecule has 1 aromatic rings. The van der Waals surface area contributed by atoms with E-state index in [1.54, 1.807) is 0 Å². The van der Waals surface area contributed by atoms with Crippen LogP contribution in [0.15, 0.2) is 4.52 Å². The van der Waals surface area contributed by atoms with Gasteiger partial charge in [0.1, 0.15) is 5.76 Å². The molecule has 1 aliphatic carbocycles. The zero-order chi connectivity index (χ0) is 11.8. The monoisotopic (exact) mass is 236 g/mol. The lowest BCUT2D eigenvalue weighted by Gasteiger charge is -2.18. The third-order valence-electron chi connectivity index (χ3n) is 4.07. The molecule has 0 aromatic carbocycles. The summed E-state index contributed by atoms with van der Waals surface area (Å²) in [4.78, 5) is 0. The fourth-order valence-electron chi connectivity index (χ4n) is 2.76. The summed E-state index contributed by atoms with van der Waals surface area (Å²) >= 11 is 0. The Labute approximate surface area is 102 Å². The molecule has 1 saturated heterocycles. The molecule has 0 spiro atoms. The second kappa shape index (κ2) is 4.42. The maximum atomic E-state index is 5.60. The van der Waals surface area contributed by atoms with E-state index in [0.717, 1.165) is 43.0 Å². The van der Waals surface area contributed by atoms with Crippen molar-refractivity contribution in [1.82, 2.24) is 10.5 Å². The van der Waals surface area contributed by atoms with E-state index in [1.165, 1.54) is 18.4 Å². The number of ether oxygens (including phenoxy) is 1. The average Bonchev–Trinajstić information content (AvgIpc) is 2.98. The Morgan fingerprint density at radius 2 is 2.12 bits per heavy atom. The Morgan fingerprint density at radius 1 is 1.29 bits per heavy atom. The highest BCUT2D eigenvalue weighted by Crippen LogP contribution is 2.40. The molecule has 94 valence electrons. The van der Waals surface area contributed by atoms with Gasteiger partial charge in [0.15, 0.2) is 0 Å². The number of nitrogens with one attached hydrogen (secondary N) is 1. The van der Waals surface area contributed by atoms with Gasteiger partial charge in [0.2, 0.25) is 0 Å².